The number of rotatable bonds is 2. The minimum Gasteiger partial charge on any atom is -0.480 e. The van der Waals surface area contributed by atoms with Crippen LogP contribution in [0.1, 0.15) is 26.2 Å². The fraction of sp³-hybridized carbons (Fsp3) is 0.857. The average Bonchev–Trinajstić information content (AvgIpc) is 2.70. The first kappa shape index (κ1) is 9.43. The summed E-state index contributed by atoms with van der Waals surface area (Å²) in [6.07, 6.45) is 4.50. The predicted octanol–water partition coefficient (Wildman–Crippen LogP) is 0.849. The molecule has 0 heterocycles. The van der Waals surface area contributed by atoms with Crippen molar-refractivity contribution in [1.82, 2.24) is 5.32 Å². The second-order valence-corrected chi connectivity index (χ2v) is 2.41. The lowest BCUT2D eigenvalue weighted by Crippen LogP contribution is -2.29. The molecule has 1 aliphatic rings. The molecule has 1 unspecified atom stereocenters. The molecule has 1 fully saturated rings. The molecule has 1 atom stereocenters. The van der Waals surface area contributed by atoms with Crippen LogP contribution in [0.25, 0.3) is 0 Å². The number of carboxylic acid groups (broad SMARTS) is 1. The summed E-state index contributed by atoms with van der Waals surface area (Å²) in [5.41, 5.74) is 0. The van der Waals surface area contributed by atoms with Crippen LogP contribution < -0.4 is 5.32 Å². The summed E-state index contributed by atoms with van der Waals surface area (Å²) in [5, 5.41) is 10.7. The zero-order valence-electron chi connectivity index (χ0n) is 6.55. The standard InChI is InChI=1S/C4H9NO2.C3H6/c1-3(5-2)4(6)7;1-2-3-1/h3,5H,1-2H3,(H,6,7);1-3H2. The molecule has 2 N–H and O–H groups in total. The molecule has 0 aromatic carbocycles. The third kappa shape index (κ3) is 7.43. The van der Waals surface area contributed by atoms with E-state index in [-0.39, 0.29) is 0 Å². The lowest BCUT2D eigenvalue weighted by atomic mass is 10.4. The second kappa shape index (κ2) is 5.23. The lowest BCUT2D eigenvalue weighted by Gasteiger charge is -1.99. The molecular weight excluding hydrogens is 130 g/mol. The van der Waals surface area contributed by atoms with Gasteiger partial charge in [0.05, 0.1) is 0 Å². The van der Waals surface area contributed by atoms with E-state index in [1.807, 2.05) is 0 Å². The van der Waals surface area contributed by atoms with Gasteiger partial charge in [-0.2, -0.15) is 0 Å². The zero-order chi connectivity index (χ0) is 7.98. The molecule has 0 spiro atoms. The van der Waals surface area contributed by atoms with Crippen molar-refractivity contribution in [3.63, 3.8) is 0 Å². The number of hydrogen-bond donors (Lipinski definition) is 2. The molecule has 0 bridgehead atoms. The Hall–Kier alpha value is -0.570. The van der Waals surface area contributed by atoms with Gasteiger partial charge in [0.25, 0.3) is 0 Å². The molecule has 10 heavy (non-hydrogen) atoms. The van der Waals surface area contributed by atoms with Crippen LogP contribution in [0, 0.1) is 0 Å². The molecule has 3 heteroatoms. The molecule has 1 aliphatic carbocycles. The molecular formula is C7H15NO2. The number of carbonyl (C=O) groups is 1. The van der Waals surface area contributed by atoms with E-state index in [4.69, 9.17) is 5.11 Å². The van der Waals surface area contributed by atoms with Crippen molar-refractivity contribution < 1.29 is 9.90 Å². The molecule has 0 saturated heterocycles. The number of carboxylic acids is 1. The quantitative estimate of drug-likeness (QED) is 0.605. The van der Waals surface area contributed by atoms with E-state index in [0.29, 0.717) is 0 Å². The summed E-state index contributed by atoms with van der Waals surface area (Å²) in [4.78, 5) is 9.87. The van der Waals surface area contributed by atoms with Crippen LogP contribution in [0.2, 0.25) is 0 Å². The van der Waals surface area contributed by atoms with Gasteiger partial charge < -0.3 is 10.4 Å². The summed E-state index contributed by atoms with van der Waals surface area (Å²) in [6.45, 7) is 1.59. The van der Waals surface area contributed by atoms with Crippen LogP contribution in [0.4, 0.5) is 0 Å². The normalized spacial score (nSPS) is 16.6. The molecule has 1 saturated carbocycles. The van der Waals surface area contributed by atoms with Crippen molar-refractivity contribution in [3.8, 4) is 0 Å². The third-order valence-corrected chi connectivity index (χ3v) is 1.16. The van der Waals surface area contributed by atoms with Gasteiger partial charge in [0, 0.05) is 0 Å². The Morgan fingerprint density at radius 2 is 1.90 bits per heavy atom. The first-order valence-electron chi connectivity index (χ1n) is 3.58. The van der Waals surface area contributed by atoms with Gasteiger partial charge >= 0.3 is 5.97 Å². The van der Waals surface area contributed by atoms with Gasteiger partial charge in [0.2, 0.25) is 0 Å². The van der Waals surface area contributed by atoms with Crippen molar-refractivity contribution in [3.05, 3.63) is 0 Å². The Kier molecular flexibility index (Phi) is 4.94. The maximum Gasteiger partial charge on any atom is 0.320 e. The highest BCUT2D eigenvalue weighted by molar-refractivity contribution is 5.72. The van der Waals surface area contributed by atoms with Gasteiger partial charge in [-0.25, -0.2) is 0 Å². The van der Waals surface area contributed by atoms with Crippen LogP contribution in [-0.2, 0) is 4.79 Å². The van der Waals surface area contributed by atoms with Crippen LogP contribution in [0.3, 0.4) is 0 Å². The molecule has 60 valence electrons. The monoisotopic (exact) mass is 145 g/mol. The zero-order valence-corrected chi connectivity index (χ0v) is 6.55. The number of hydrogen-bond acceptors (Lipinski definition) is 2. The summed E-state index contributed by atoms with van der Waals surface area (Å²) in [6, 6.07) is -0.431. The number of nitrogens with one attached hydrogen (secondary N) is 1. The molecule has 3 nitrogen and oxygen atoms in total. The third-order valence-electron chi connectivity index (χ3n) is 1.16. The first-order valence-corrected chi connectivity index (χ1v) is 3.58. The van der Waals surface area contributed by atoms with E-state index in [1.165, 1.54) is 19.3 Å². The number of likely N-dealkylation sites (N-methyl/N-ethyl adjacent to an activating group) is 1. The Bertz CT molecular complexity index is 99.0. The van der Waals surface area contributed by atoms with Gasteiger partial charge in [0.15, 0.2) is 0 Å². The van der Waals surface area contributed by atoms with Gasteiger partial charge in [-0.3, -0.25) is 4.79 Å². The Balaban J connectivity index is 0.000000219. The van der Waals surface area contributed by atoms with Crippen molar-refractivity contribution in [2.75, 3.05) is 7.05 Å². The minimum atomic E-state index is -0.817. The summed E-state index contributed by atoms with van der Waals surface area (Å²) >= 11 is 0. The maximum atomic E-state index is 9.87. The minimum absolute atomic E-state index is 0.431. The maximum absolute atomic E-state index is 9.87. The van der Waals surface area contributed by atoms with Gasteiger partial charge in [-0.1, -0.05) is 19.3 Å². The Morgan fingerprint density at radius 3 is 1.90 bits per heavy atom. The fourth-order valence-electron chi connectivity index (χ4n) is 0.123. The molecule has 0 radical (unpaired) electrons. The van der Waals surface area contributed by atoms with E-state index in [0.717, 1.165) is 0 Å². The van der Waals surface area contributed by atoms with Gasteiger partial charge in [-0.15, -0.1) is 0 Å². The highest BCUT2D eigenvalue weighted by Crippen LogP contribution is 2.14. The van der Waals surface area contributed by atoms with Crippen LogP contribution in [0.5, 0.6) is 0 Å². The van der Waals surface area contributed by atoms with Crippen molar-refractivity contribution in [2.24, 2.45) is 0 Å². The summed E-state index contributed by atoms with van der Waals surface area (Å²) in [5.74, 6) is -0.817. The number of aliphatic carboxylic acids is 1. The average molecular weight is 145 g/mol. The van der Waals surface area contributed by atoms with E-state index < -0.39 is 12.0 Å². The largest absolute Gasteiger partial charge is 0.480 e. The first-order chi connectivity index (χ1) is 4.68. The van der Waals surface area contributed by atoms with E-state index in [1.54, 1.807) is 14.0 Å². The van der Waals surface area contributed by atoms with Crippen LogP contribution in [0.15, 0.2) is 0 Å². The molecule has 1 rings (SSSR count). The SMILES string of the molecule is C1CC1.CNC(C)C(=O)O. The topological polar surface area (TPSA) is 49.3 Å². The highest BCUT2D eigenvalue weighted by atomic mass is 16.4. The van der Waals surface area contributed by atoms with E-state index in [9.17, 15) is 4.79 Å². The van der Waals surface area contributed by atoms with Crippen molar-refractivity contribution >= 4 is 5.97 Å². The molecule has 0 aromatic heterocycles. The second-order valence-electron chi connectivity index (χ2n) is 2.41. The van der Waals surface area contributed by atoms with E-state index in [2.05, 4.69) is 5.32 Å². The fourth-order valence-corrected chi connectivity index (χ4v) is 0.123. The molecule has 0 aromatic rings. The smallest absolute Gasteiger partial charge is 0.320 e. The van der Waals surface area contributed by atoms with Crippen molar-refractivity contribution in [1.29, 1.82) is 0 Å². The van der Waals surface area contributed by atoms with Gasteiger partial charge in [-0.05, 0) is 14.0 Å². The molecule has 0 aliphatic heterocycles. The highest BCUT2D eigenvalue weighted by Gasteiger charge is 2.04. The van der Waals surface area contributed by atoms with Crippen LogP contribution in [-0.4, -0.2) is 24.2 Å². The molecule has 0 amide bonds. The van der Waals surface area contributed by atoms with E-state index >= 15 is 0 Å². The summed E-state index contributed by atoms with van der Waals surface area (Å²) in [7, 11) is 1.61. The summed E-state index contributed by atoms with van der Waals surface area (Å²) < 4.78 is 0. The predicted molar refractivity (Wildman–Crippen MR) is 40.0 cm³/mol. The Labute approximate surface area is 61.4 Å². The van der Waals surface area contributed by atoms with Crippen LogP contribution >= 0.6 is 0 Å². The lowest BCUT2D eigenvalue weighted by molar-refractivity contribution is -0.138. The van der Waals surface area contributed by atoms with Gasteiger partial charge in [0.1, 0.15) is 6.04 Å². The van der Waals surface area contributed by atoms with Crippen molar-refractivity contribution in [2.45, 2.75) is 32.2 Å². The Morgan fingerprint density at radius 1 is 1.50 bits per heavy atom.